The van der Waals surface area contributed by atoms with E-state index in [2.05, 4.69) is 10.2 Å². The molecular weight excluding hydrogens is 265 g/mol. The van der Waals surface area contributed by atoms with Crippen molar-refractivity contribution in [1.82, 2.24) is 10.2 Å². The SMILES string of the molecule is CCN1CC(CC(F)(F)F)CC(NC2CCCCC2)C1. The number of piperidine rings is 1. The fraction of sp³-hybridized carbons (Fsp3) is 1.00. The highest BCUT2D eigenvalue weighted by Crippen LogP contribution is 2.31. The minimum absolute atomic E-state index is 0.235. The van der Waals surface area contributed by atoms with Crippen molar-refractivity contribution >= 4 is 0 Å². The Hall–Kier alpha value is -0.290. The zero-order valence-corrected chi connectivity index (χ0v) is 12.4. The van der Waals surface area contributed by atoms with Gasteiger partial charge < -0.3 is 10.2 Å². The van der Waals surface area contributed by atoms with Crippen molar-refractivity contribution < 1.29 is 13.2 Å². The molecule has 1 N–H and O–H groups in total. The van der Waals surface area contributed by atoms with Gasteiger partial charge in [0.15, 0.2) is 0 Å². The zero-order chi connectivity index (χ0) is 14.6. The Morgan fingerprint density at radius 3 is 2.35 bits per heavy atom. The van der Waals surface area contributed by atoms with Crippen LogP contribution in [0.25, 0.3) is 0 Å². The van der Waals surface area contributed by atoms with E-state index in [1.54, 1.807) is 0 Å². The molecule has 1 saturated heterocycles. The van der Waals surface area contributed by atoms with Crippen molar-refractivity contribution in [1.29, 1.82) is 0 Å². The summed E-state index contributed by atoms with van der Waals surface area (Å²) < 4.78 is 37.9. The molecule has 2 aliphatic rings. The van der Waals surface area contributed by atoms with Gasteiger partial charge in [0.05, 0.1) is 0 Å². The standard InChI is InChI=1S/C15H27F3N2/c1-2-20-10-12(9-15(16,17)18)8-14(11-20)19-13-6-4-3-5-7-13/h12-14,19H,2-11H2,1H3. The third-order valence-corrected chi connectivity index (χ3v) is 4.66. The van der Waals surface area contributed by atoms with Gasteiger partial charge in [-0.1, -0.05) is 26.2 Å². The van der Waals surface area contributed by atoms with E-state index < -0.39 is 12.6 Å². The minimum atomic E-state index is -4.03. The van der Waals surface area contributed by atoms with E-state index in [4.69, 9.17) is 0 Å². The summed E-state index contributed by atoms with van der Waals surface area (Å²) in [6.45, 7) is 4.38. The van der Waals surface area contributed by atoms with E-state index in [1.807, 2.05) is 6.92 Å². The van der Waals surface area contributed by atoms with Gasteiger partial charge in [-0.3, -0.25) is 0 Å². The van der Waals surface area contributed by atoms with Crippen LogP contribution in [0.2, 0.25) is 0 Å². The van der Waals surface area contributed by atoms with Gasteiger partial charge in [0.1, 0.15) is 0 Å². The molecule has 2 nitrogen and oxygen atoms in total. The smallest absolute Gasteiger partial charge is 0.310 e. The molecule has 0 amide bonds. The third-order valence-electron chi connectivity index (χ3n) is 4.66. The maximum absolute atomic E-state index is 12.6. The molecule has 0 aromatic heterocycles. The highest BCUT2D eigenvalue weighted by atomic mass is 19.4. The van der Waals surface area contributed by atoms with Crippen LogP contribution in [0.5, 0.6) is 0 Å². The lowest BCUT2D eigenvalue weighted by Crippen LogP contribution is -2.52. The number of alkyl halides is 3. The summed E-state index contributed by atoms with van der Waals surface area (Å²) in [7, 11) is 0. The van der Waals surface area contributed by atoms with Crippen LogP contribution in [0.15, 0.2) is 0 Å². The average Bonchev–Trinajstić information content (AvgIpc) is 2.37. The van der Waals surface area contributed by atoms with Gasteiger partial charge in [0.25, 0.3) is 0 Å². The lowest BCUT2D eigenvalue weighted by atomic mass is 9.89. The zero-order valence-electron chi connectivity index (χ0n) is 12.4. The quantitative estimate of drug-likeness (QED) is 0.852. The summed E-state index contributed by atoms with van der Waals surface area (Å²) >= 11 is 0. The monoisotopic (exact) mass is 292 g/mol. The molecule has 0 spiro atoms. The van der Waals surface area contributed by atoms with Gasteiger partial charge in [-0.25, -0.2) is 0 Å². The molecule has 0 aromatic carbocycles. The first kappa shape index (κ1) is 16.1. The Morgan fingerprint density at radius 1 is 1.05 bits per heavy atom. The van der Waals surface area contributed by atoms with Gasteiger partial charge >= 0.3 is 6.18 Å². The van der Waals surface area contributed by atoms with Crippen molar-refractivity contribution in [3.8, 4) is 0 Å². The second-order valence-electron chi connectivity index (χ2n) is 6.47. The number of nitrogens with one attached hydrogen (secondary N) is 1. The van der Waals surface area contributed by atoms with E-state index in [0.29, 0.717) is 19.0 Å². The number of hydrogen-bond donors (Lipinski definition) is 1. The molecule has 2 fully saturated rings. The van der Waals surface area contributed by atoms with Crippen LogP contribution in [-0.2, 0) is 0 Å². The van der Waals surface area contributed by atoms with E-state index in [0.717, 1.165) is 13.1 Å². The molecule has 1 saturated carbocycles. The first-order valence-corrected chi connectivity index (χ1v) is 8.01. The maximum atomic E-state index is 12.6. The highest BCUT2D eigenvalue weighted by Gasteiger charge is 2.36. The summed E-state index contributed by atoms with van der Waals surface area (Å²) in [5.41, 5.74) is 0. The average molecular weight is 292 g/mol. The van der Waals surface area contributed by atoms with Gasteiger partial charge in [-0.05, 0) is 31.7 Å². The molecule has 2 unspecified atom stereocenters. The van der Waals surface area contributed by atoms with Gasteiger partial charge in [0, 0.05) is 31.6 Å². The molecule has 1 heterocycles. The molecule has 0 aromatic rings. The summed E-state index contributed by atoms with van der Waals surface area (Å²) in [6.07, 6.45) is 2.21. The van der Waals surface area contributed by atoms with E-state index in [-0.39, 0.29) is 12.0 Å². The van der Waals surface area contributed by atoms with Crippen molar-refractivity contribution in [2.75, 3.05) is 19.6 Å². The second-order valence-corrected chi connectivity index (χ2v) is 6.47. The van der Waals surface area contributed by atoms with Gasteiger partial charge in [0.2, 0.25) is 0 Å². The lowest BCUT2D eigenvalue weighted by molar-refractivity contribution is -0.148. The summed E-state index contributed by atoms with van der Waals surface area (Å²) in [5.74, 6) is -0.246. The van der Waals surface area contributed by atoms with Crippen LogP contribution in [0.4, 0.5) is 13.2 Å². The Bertz CT molecular complexity index is 287. The highest BCUT2D eigenvalue weighted by molar-refractivity contribution is 4.87. The van der Waals surface area contributed by atoms with E-state index in [9.17, 15) is 13.2 Å². The number of likely N-dealkylation sites (N-methyl/N-ethyl adjacent to an activating group) is 1. The van der Waals surface area contributed by atoms with Crippen LogP contribution < -0.4 is 5.32 Å². The fourth-order valence-electron chi connectivity index (χ4n) is 3.76. The van der Waals surface area contributed by atoms with E-state index >= 15 is 0 Å². The van der Waals surface area contributed by atoms with Crippen molar-refractivity contribution in [2.45, 2.75) is 70.1 Å². The summed E-state index contributed by atoms with van der Waals surface area (Å²) in [5, 5.41) is 3.63. The molecule has 2 atom stereocenters. The van der Waals surface area contributed by atoms with Crippen LogP contribution in [0.1, 0.15) is 51.9 Å². The maximum Gasteiger partial charge on any atom is 0.389 e. The van der Waals surface area contributed by atoms with E-state index in [1.165, 1.54) is 32.1 Å². The Labute approximate surface area is 120 Å². The minimum Gasteiger partial charge on any atom is -0.310 e. The van der Waals surface area contributed by atoms with Gasteiger partial charge in [-0.15, -0.1) is 0 Å². The predicted octanol–water partition coefficient (Wildman–Crippen LogP) is 3.57. The normalized spacial score (nSPS) is 30.6. The number of nitrogens with zero attached hydrogens (tertiary/aromatic N) is 1. The Morgan fingerprint density at radius 2 is 1.75 bits per heavy atom. The van der Waals surface area contributed by atoms with Crippen molar-refractivity contribution in [3.63, 3.8) is 0 Å². The van der Waals surface area contributed by atoms with Crippen molar-refractivity contribution in [3.05, 3.63) is 0 Å². The summed E-state index contributed by atoms with van der Waals surface area (Å²) in [6, 6.07) is 0.760. The molecule has 0 radical (unpaired) electrons. The lowest BCUT2D eigenvalue weighted by Gasteiger charge is -2.40. The van der Waals surface area contributed by atoms with Crippen LogP contribution in [0, 0.1) is 5.92 Å². The molecule has 1 aliphatic heterocycles. The molecule has 1 aliphatic carbocycles. The summed E-state index contributed by atoms with van der Waals surface area (Å²) in [4.78, 5) is 2.17. The first-order valence-electron chi connectivity index (χ1n) is 8.01. The number of halogens is 3. The fourth-order valence-corrected chi connectivity index (χ4v) is 3.76. The third kappa shape index (κ3) is 5.24. The molecule has 20 heavy (non-hydrogen) atoms. The molecule has 118 valence electrons. The second kappa shape index (κ2) is 7.12. The molecule has 2 rings (SSSR count). The number of hydrogen-bond acceptors (Lipinski definition) is 2. The topological polar surface area (TPSA) is 15.3 Å². The number of rotatable bonds is 4. The van der Waals surface area contributed by atoms with Crippen LogP contribution in [-0.4, -0.2) is 42.8 Å². The van der Waals surface area contributed by atoms with Crippen LogP contribution in [0.3, 0.4) is 0 Å². The van der Waals surface area contributed by atoms with Crippen LogP contribution >= 0.6 is 0 Å². The number of likely N-dealkylation sites (tertiary alicyclic amines) is 1. The Balaban J connectivity index is 1.87. The first-order chi connectivity index (χ1) is 9.46. The van der Waals surface area contributed by atoms with Gasteiger partial charge in [-0.2, -0.15) is 13.2 Å². The van der Waals surface area contributed by atoms with Crippen molar-refractivity contribution in [2.24, 2.45) is 5.92 Å². The largest absolute Gasteiger partial charge is 0.389 e. The Kier molecular flexibility index (Phi) is 5.73. The molecule has 5 heteroatoms. The predicted molar refractivity (Wildman–Crippen MR) is 74.7 cm³/mol. The molecular formula is C15H27F3N2. The molecule has 0 bridgehead atoms.